The largest absolute Gasteiger partial charge is 0.458 e. The molecular formula is C23H24N4O5. The van der Waals surface area contributed by atoms with Gasteiger partial charge in [-0.2, -0.15) is 4.98 Å². The van der Waals surface area contributed by atoms with Crippen LogP contribution in [0.2, 0.25) is 0 Å². The van der Waals surface area contributed by atoms with Gasteiger partial charge in [-0.05, 0) is 12.5 Å². The highest BCUT2D eigenvalue weighted by molar-refractivity contribution is 6.14. The van der Waals surface area contributed by atoms with Crippen LogP contribution < -0.4 is 5.73 Å². The molecule has 1 aliphatic carbocycles. The quantitative estimate of drug-likeness (QED) is 0.557. The van der Waals surface area contributed by atoms with Crippen molar-refractivity contribution < 1.29 is 23.5 Å². The first-order valence-electron chi connectivity index (χ1n) is 10.5. The Labute approximate surface area is 185 Å². The maximum atomic E-state index is 14.2. The van der Waals surface area contributed by atoms with Gasteiger partial charge in [0.2, 0.25) is 5.91 Å². The number of oxazole rings is 1. The summed E-state index contributed by atoms with van der Waals surface area (Å²) in [6.45, 7) is 8.32. The highest BCUT2D eigenvalue weighted by Gasteiger charge is 2.63. The number of allylic oxidation sites excluding steroid dienone is 1. The van der Waals surface area contributed by atoms with E-state index in [9.17, 15) is 9.59 Å². The Balaban J connectivity index is 1.70. The van der Waals surface area contributed by atoms with Crippen molar-refractivity contribution in [3.05, 3.63) is 59.4 Å². The summed E-state index contributed by atoms with van der Waals surface area (Å²) in [4.78, 5) is 35.7. The van der Waals surface area contributed by atoms with Gasteiger partial charge in [0.25, 0.3) is 6.01 Å². The van der Waals surface area contributed by atoms with Crippen LogP contribution in [0.4, 0.5) is 6.01 Å². The molecule has 2 aliphatic heterocycles. The van der Waals surface area contributed by atoms with Gasteiger partial charge < -0.3 is 24.5 Å². The number of nitrogens with zero attached hydrogens (tertiary/aromatic N) is 3. The molecule has 1 fully saturated rings. The van der Waals surface area contributed by atoms with Crippen molar-refractivity contribution in [1.82, 2.24) is 14.8 Å². The summed E-state index contributed by atoms with van der Waals surface area (Å²) in [5, 5.41) is 0. The van der Waals surface area contributed by atoms with Crippen LogP contribution in [-0.4, -0.2) is 66.2 Å². The summed E-state index contributed by atoms with van der Waals surface area (Å²) in [7, 11) is 0. The van der Waals surface area contributed by atoms with E-state index in [-0.39, 0.29) is 24.1 Å². The minimum atomic E-state index is -1.47. The van der Waals surface area contributed by atoms with Gasteiger partial charge in [-0.1, -0.05) is 36.9 Å². The van der Waals surface area contributed by atoms with Crippen molar-refractivity contribution in [3.63, 3.8) is 0 Å². The Bertz CT molecular complexity index is 1150. The lowest BCUT2D eigenvalue weighted by molar-refractivity contribution is -0.140. The van der Waals surface area contributed by atoms with Crippen molar-refractivity contribution in [3.8, 4) is 11.3 Å². The summed E-state index contributed by atoms with van der Waals surface area (Å²) in [6.07, 6.45) is 1.49. The Kier molecular flexibility index (Phi) is 4.87. The minimum Gasteiger partial charge on any atom is -0.458 e. The first kappa shape index (κ1) is 20.5. The van der Waals surface area contributed by atoms with Gasteiger partial charge in [0.1, 0.15) is 12.3 Å². The number of nitrogens with two attached hydrogens (primary N) is 1. The Morgan fingerprint density at radius 3 is 2.84 bits per heavy atom. The first-order chi connectivity index (χ1) is 15.5. The third-order valence-electron chi connectivity index (χ3n) is 6.26. The molecule has 166 valence electrons. The standard InChI is InChI=1S/C23H24N4O5/c1-3-10-31-20(28)17-14(2)27(13-26-8-11-30-12-9-26)21(29)23(17)16-7-5-4-6-15(16)18-19(23)25-22(24)32-18/h3-7H,1,8-13H2,2H3,(H2,24,25)/t23-/m0/s1. The molecule has 1 amide bonds. The van der Waals surface area contributed by atoms with E-state index in [1.54, 1.807) is 11.8 Å². The summed E-state index contributed by atoms with van der Waals surface area (Å²) in [5.74, 6) is -0.461. The van der Waals surface area contributed by atoms with E-state index in [4.69, 9.17) is 19.6 Å². The number of hydrogen-bond donors (Lipinski definition) is 1. The van der Waals surface area contributed by atoms with Gasteiger partial charge in [-0.25, -0.2) is 4.79 Å². The molecule has 32 heavy (non-hydrogen) atoms. The number of carbonyl (C=O) groups is 2. The van der Waals surface area contributed by atoms with Crippen LogP contribution in [-0.2, 0) is 24.5 Å². The number of ether oxygens (including phenoxy) is 2. The van der Waals surface area contributed by atoms with Gasteiger partial charge in [0, 0.05) is 24.4 Å². The molecule has 2 aromatic rings. The van der Waals surface area contributed by atoms with Gasteiger partial charge in [0.05, 0.1) is 25.5 Å². The predicted octanol–water partition coefficient (Wildman–Crippen LogP) is 1.66. The van der Waals surface area contributed by atoms with Gasteiger partial charge in [0.15, 0.2) is 11.2 Å². The fourth-order valence-electron chi connectivity index (χ4n) is 4.87. The molecule has 1 aromatic carbocycles. The topological polar surface area (TPSA) is 111 Å². The van der Waals surface area contributed by atoms with Crippen molar-refractivity contribution in [2.24, 2.45) is 0 Å². The van der Waals surface area contributed by atoms with E-state index in [0.717, 1.165) is 0 Å². The van der Waals surface area contributed by atoms with Crippen LogP contribution in [0.5, 0.6) is 0 Å². The third-order valence-corrected chi connectivity index (χ3v) is 6.26. The number of carbonyl (C=O) groups excluding carboxylic acids is 2. The van der Waals surface area contributed by atoms with E-state index in [1.165, 1.54) is 6.08 Å². The van der Waals surface area contributed by atoms with Gasteiger partial charge >= 0.3 is 5.97 Å². The van der Waals surface area contributed by atoms with Crippen LogP contribution in [0.15, 0.2) is 52.6 Å². The van der Waals surface area contributed by atoms with E-state index in [1.807, 2.05) is 24.3 Å². The number of aromatic nitrogens is 1. The number of benzene rings is 1. The van der Waals surface area contributed by atoms with E-state index >= 15 is 0 Å². The van der Waals surface area contributed by atoms with E-state index in [2.05, 4.69) is 16.5 Å². The zero-order valence-electron chi connectivity index (χ0n) is 17.8. The van der Waals surface area contributed by atoms with Gasteiger partial charge in [-0.3, -0.25) is 9.69 Å². The minimum absolute atomic E-state index is 0.0266. The van der Waals surface area contributed by atoms with Crippen LogP contribution in [0.3, 0.4) is 0 Å². The Hall–Kier alpha value is -3.43. The molecule has 9 heteroatoms. The SMILES string of the molecule is C=CCOC(=O)C1=C(C)N(CN2CCOCC2)C(=O)[C@@]12c1ccccc1-c1oc(N)nc12. The zero-order valence-corrected chi connectivity index (χ0v) is 17.8. The maximum absolute atomic E-state index is 14.2. The molecule has 1 aromatic heterocycles. The number of esters is 1. The second-order valence-corrected chi connectivity index (χ2v) is 7.98. The summed E-state index contributed by atoms with van der Waals surface area (Å²) < 4.78 is 16.6. The zero-order chi connectivity index (χ0) is 22.5. The van der Waals surface area contributed by atoms with Gasteiger partial charge in [-0.15, -0.1) is 0 Å². The van der Waals surface area contributed by atoms with Crippen molar-refractivity contribution in [2.75, 3.05) is 45.3 Å². The molecule has 0 saturated carbocycles. The molecule has 2 N–H and O–H groups in total. The van der Waals surface area contributed by atoms with Crippen LogP contribution in [0.25, 0.3) is 11.3 Å². The van der Waals surface area contributed by atoms with Crippen molar-refractivity contribution in [1.29, 1.82) is 0 Å². The molecule has 1 saturated heterocycles. The molecule has 3 heterocycles. The lowest BCUT2D eigenvalue weighted by atomic mass is 9.74. The summed E-state index contributed by atoms with van der Waals surface area (Å²) >= 11 is 0. The molecule has 0 radical (unpaired) electrons. The number of fused-ring (bicyclic) bond motifs is 5. The number of amides is 1. The number of nitrogen functional groups attached to an aromatic ring is 1. The average molecular weight is 436 g/mol. The van der Waals surface area contributed by atoms with E-state index in [0.29, 0.717) is 61.3 Å². The molecule has 1 atom stereocenters. The van der Waals surface area contributed by atoms with E-state index < -0.39 is 11.4 Å². The Morgan fingerprint density at radius 1 is 1.34 bits per heavy atom. The molecule has 1 spiro atoms. The maximum Gasteiger partial charge on any atom is 0.337 e. The number of morpholine rings is 1. The fraction of sp³-hybridized carbons (Fsp3) is 0.348. The number of anilines is 1. The molecular weight excluding hydrogens is 412 g/mol. The first-order valence-corrected chi connectivity index (χ1v) is 10.5. The molecule has 0 unspecified atom stereocenters. The highest BCUT2D eigenvalue weighted by atomic mass is 16.5. The van der Waals surface area contributed by atoms with Crippen molar-refractivity contribution >= 4 is 17.9 Å². The summed E-state index contributed by atoms with van der Waals surface area (Å²) in [5.41, 5.74) is 6.84. The lowest BCUT2D eigenvalue weighted by Gasteiger charge is -2.32. The Morgan fingerprint density at radius 2 is 2.09 bits per heavy atom. The molecule has 0 bridgehead atoms. The van der Waals surface area contributed by atoms with Crippen LogP contribution >= 0.6 is 0 Å². The highest BCUT2D eigenvalue weighted by Crippen LogP contribution is 2.57. The fourth-order valence-corrected chi connectivity index (χ4v) is 4.87. The monoisotopic (exact) mass is 436 g/mol. The normalized spacial score (nSPS) is 22.4. The third kappa shape index (κ3) is 2.74. The average Bonchev–Trinajstić information content (AvgIpc) is 3.38. The lowest BCUT2D eigenvalue weighted by Crippen LogP contribution is -2.48. The molecule has 5 rings (SSSR count). The number of rotatable bonds is 5. The number of hydrogen-bond acceptors (Lipinski definition) is 8. The van der Waals surface area contributed by atoms with Crippen LogP contribution in [0.1, 0.15) is 18.2 Å². The predicted molar refractivity (Wildman–Crippen MR) is 115 cm³/mol. The summed E-state index contributed by atoms with van der Waals surface area (Å²) in [6, 6.07) is 7.29. The van der Waals surface area contributed by atoms with Crippen molar-refractivity contribution in [2.45, 2.75) is 12.3 Å². The molecule has 3 aliphatic rings. The smallest absolute Gasteiger partial charge is 0.337 e. The second-order valence-electron chi connectivity index (χ2n) is 7.98. The second kappa shape index (κ2) is 7.61. The molecule has 9 nitrogen and oxygen atoms in total. The van der Waals surface area contributed by atoms with Crippen LogP contribution in [0, 0.1) is 0 Å².